The van der Waals surface area contributed by atoms with Crippen LogP contribution in [0.5, 0.6) is 0 Å². The van der Waals surface area contributed by atoms with Gasteiger partial charge < -0.3 is 9.84 Å². The predicted molar refractivity (Wildman–Crippen MR) is 123 cm³/mol. The number of hydrogen-bond donors (Lipinski definition) is 1. The summed E-state index contributed by atoms with van der Waals surface area (Å²) in [5, 5.41) is 7.76. The first kappa shape index (κ1) is 20.2. The number of carbonyl (C=O) groups is 1. The van der Waals surface area contributed by atoms with Crippen molar-refractivity contribution >= 4 is 22.5 Å². The van der Waals surface area contributed by atoms with E-state index in [-0.39, 0.29) is 18.0 Å². The SMILES string of the molecule is CC(C)c1cccc(NC(=O)Cn2c(=O)cc(-c3nc(C4CC4)no3)c3ccccc32)c1. The first-order chi connectivity index (χ1) is 15.5. The van der Waals surface area contributed by atoms with Crippen molar-refractivity contribution in [3.63, 3.8) is 0 Å². The van der Waals surface area contributed by atoms with E-state index in [0.29, 0.717) is 40.3 Å². The summed E-state index contributed by atoms with van der Waals surface area (Å²) in [6.45, 7) is 4.11. The summed E-state index contributed by atoms with van der Waals surface area (Å²) in [5.74, 6) is 1.48. The third kappa shape index (κ3) is 3.93. The lowest BCUT2D eigenvalue weighted by Gasteiger charge is -2.13. The summed E-state index contributed by atoms with van der Waals surface area (Å²) >= 11 is 0. The van der Waals surface area contributed by atoms with Gasteiger partial charge in [-0.05, 0) is 42.5 Å². The van der Waals surface area contributed by atoms with Crippen molar-refractivity contribution in [1.82, 2.24) is 14.7 Å². The molecule has 1 aliphatic carbocycles. The van der Waals surface area contributed by atoms with E-state index in [2.05, 4.69) is 29.3 Å². The van der Waals surface area contributed by atoms with Crippen LogP contribution in [0.2, 0.25) is 0 Å². The van der Waals surface area contributed by atoms with Gasteiger partial charge in [-0.15, -0.1) is 0 Å². The van der Waals surface area contributed by atoms with Crippen LogP contribution in [0.25, 0.3) is 22.4 Å². The lowest BCUT2D eigenvalue weighted by atomic mass is 10.0. The van der Waals surface area contributed by atoms with Gasteiger partial charge in [-0.25, -0.2) is 0 Å². The van der Waals surface area contributed by atoms with Crippen LogP contribution in [0, 0.1) is 0 Å². The molecule has 32 heavy (non-hydrogen) atoms. The maximum atomic E-state index is 13.0. The normalized spacial score (nSPS) is 13.6. The van der Waals surface area contributed by atoms with Crippen molar-refractivity contribution < 1.29 is 9.32 Å². The zero-order valence-corrected chi connectivity index (χ0v) is 18.0. The van der Waals surface area contributed by atoms with Gasteiger partial charge in [0.2, 0.25) is 5.91 Å². The average molecular weight is 428 g/mol. The number of aromatic nitrogens is 3. The zero-order valence-electron chi connectivity index (χ0n) is 18.0. The van der Waals surface area contributed by atoms with Crippen molar-refractivity contribution in [3.05, 3.63) is 76.3 Å². The number of rotatable bonds is 6. The Balaban J connectivity index is 1.47. The van der Waals surface area contributed by atoms with Gasteiger partial charge in [-0.2, -0.15) is 4.98 Å². The molecule has 2 aromatic carbocycles. The maximum absolute atomic E-state index is 13.0. The fourth-order valence-electron chi connectivity index (χ4n) is 3.85. The molecule has 1 amide bonds. The quantitative estimate of drug-likeness (QED) is 0.481. The minimum absolute atomic E-state index is 0.0946. The molecular weight excluding hydrogens is 404 g/mol. The van der Waals surface area contributed by atoms with Crippen molar-refractivity contribution in [1.29, 1.82) is 0 Å². The summed E-state index contributed by atoms with van der Waals surface area (Å²) < 4.78 is 6.93. The lowest BCUT2D eigenvalue weighted by molar-refractivity contribution is -0.116. The molecule has 7 heteroatoms. The highest BCUT2D eigenvalue weighted by Gasteiger charge is 2.29. The number of pyridine rings is 1. The van der Waals surface area contributed by atoms with Crippen molar-refractivity contribution in [2.45, 2.75) is 45.1 Å². The molecule has 0 spiro atoms. The monoisotopic (exact) mass is 428 g/mol. The molecule has 1 N–H and O–H groups in total. The number of nitrogens with zero attached hydrogens (tertiary/aromatic N) is 3. The van der Waals surface area contributed by atoms with Crippen LogP contribution in [-0.4, -0.2) is 20.6 Å². The molecule has 7 nitrogen and oxygen atoms in total. The van der Waals surface area contributed by atoms with E-state index in [0.717, 1.165) is 23.8 Å². The highest BCUT2D eigenvalue weighted by molar-refractivity contribution is 5.95. The summed E-state index contributed by atoms with van der Waals surface area (Å²) in [4.78, 5) is 30.3. The Morgan fingerprint density at radius 3 is 2.75 bits per heavy atom. The van der Waals surface area contributed by atoms with Crippen molar-refractivity contribution in [2.24, 2.45) is 0 Å². The van der Waals surface area contributed by atoms with Gasteiger partial charge in [0.1, 0.15) is 6.54 Å². The molecule has 0 aliphatic heterocycles. The van der Waals surface area contributed by atoms with Crippen LogP contribution in [0.15, 0.2) is 63.9 Å². The Hall–Kier alpha value is -3.74. The first-order valence-electron chi connectivity index (χ1n) is 10.9. The van der Waals surface area contributed by atoms with Crippen molar-refractivity contribution in [2.75, 3.05) is 5.32 Å². The number of amides is 1. The fraction of sp³-hybridized carbons (Fsp3) is 0.280. The highest BCUT2D eigenvalue weighted by atomic mass is 16.5. The van der Waals surface area contributed by atoms with E-state index in [4.69, 9.17) is 4.52 Å². The maximum Gasteiger partial charge on any atom is 0.258 e. The Kier molecular flexibility index (Phi) is 5.09. The van der Waals surface area contributed by atoms with E-state index in [9.17, 15) is 9.59 Å². The van der Waals surface area contributed by atoms with E-state index < -0.39 is 0 Å². The predicted octanol–water partition coefficient (Wildman–Crippen LogP) is 4.69. The van der Waals surface area contributed by atoms with Gasteiger partial charge in [-0.3, -0.25) is 14.2 Å². The van der Waals surface area contributed by atoms with Gasteiger partial charge in [0.15, 0.2) is 5.82 Å². The fourth-order valence-corrected chi connectivity index (χ4v) is 3.85. The molecule has 0 saturated heterocycles. The molecule has 0 bridgehead atoms. The lowest BCUT2D eigenvalue weighted by Crippen LogP contribution is -2.27. The number of para-hydroxylation sites is 1. The Morgan fingerprint density at radius 2 is 1.97 bits per heavy atom. The molecule has 2 heterocycles. The van der Waals surface area contributed by atoms with Crippen LogP contribution in [0.1, 0.15) is 49.9 Å². The van der Waals surface area contributed by atoms with E-state index >= 15 is 0 Å². The second-order valence-electron chi connectivity index (χ2n) is 8.56. The summed E-state index contributed by atoms with van der Waals surface area (Å²) in [6, 6.07) is 16.7. The Morgan fingerprint density at radius 1 is 1.16 bits per heavy atom. The van der Waals surface area contributed by atoms with Crippen LogP contribution < -0.4 is 10.9 Å². The average Bonchev–Trinajstić information content (AvgIpc) is 3.52. The molecule has 0 unspecified atom stereocenters. The number of benzene rings is 2. The second-order valence-corrected chi connectivity index (χ2v) is 8.56. The smallest absolute Gasteiger partial charge is 0.258 e. The Labute approximate surface area is 185 Å². The van der Waals surface area contributed by atoms with Crippen molar-refractivity contribution in [3.8, 4) is 11.5 Å². The minimum atomic E-state index is -0.295. The summed E-state index contributed by atoms with van der Waals surface area (Å²) in [7, 11) is 0. The van der Waals surface area contributed by atoms with E-state index in [1.165, 1.54) is 10.6 Å². The molecule has 0 radical (unpaired) electrons. The summed E-state index contributed by atoms with van der Waals surface area (Å²) in [6.07, 6.45) is 2.13. The summed E-state index contributed by atoms with van der Waals surface area (Å²) in [5.41, 5.74) is 2.79. The number of fused-ring (bicyclic) bond motifs is 1. The highest BCUT2D eigenvalue weighted by Crippen LogP contribution is 2.39. The molecule has 162 valence electrons. The number of hydrogen-bond acceptors (Lipinski definition) is 5. The van der Waals surface area contributed by atoms with Gasteiger partial charge in [0, 0.05) is 23.1 Å². The number of carbonyl (C=O) groups excluding carboxylic acids is 1. The van der Waals surface area contributed by atoms with Gasteiger partial charge in [-0.1, -0.05) is 49.3 Å². The van der Waals surface area contributed by atoms with Crippen LogP contribution in [0.3, 0.4) is 0 Å². The van der Waals surface area contributed by atoms with Gasteiger partial charge >= 0.3 is 0 Å². The van der Waals surface area contributed by atoms with Crippen LogP contribution in [0.4, 0.5) is 5.69 Å². The molecule has 2 aromatic heterocycles. The van der Waals surface area contributed by atoms with Gasteiger partial charge in [0.05, 0.1) is 11.1 Å². The molecule has 5 rings (SSSR count). The van der Waals surface area contributed by atoms with E-state index in [1.807, 2.05) is 48.5 Å². The standard InChI is InChI=1S/C25H24N4O3/c1-15(2)17-6-5-7-18(12-17)26-22(30)14-29-21-9-4-3-8-19(21)20(13-23(29)31)25-27-24(28-32-25)16-10-11-16/h3-9,12-13,15-16H,10-11,14H2,1-2H3,(H,26,30). The molecule has 4 aromatic rings. The zero-order chi connectivity index (χ0) is 22.2. The largest absolute Gasteiger partial charge is 0.334 e. The number of nitrogens with one attached hydrogen (secondary N) is 1. The third-order valence-electron chi connectivity index (χ3n) is 5.77. The minimum Gasteiger partial charge on any atom is -0.334 e. The Bertz CT molecular complexity index is 1370. The molecular formula is C25H24N4O3. The van der Waals surface area contributed by atoms with Gasteiger partial charge in [0.25, 0.3) is 11.4 Å². The first-order valence-corrected chi connectivity index (χ1v) is 10.9. The topological polar surface area (TPSA) is 90.0 Å². The van der Waals surface area contributed by atoms with E-state index in [1.54, 1.807) is 0 Å². The third-order valence-corrected chi connectivity index (χ3v) is 5.77. The van der Waals surface area contributed by atoms with Crippen LogP contribution in [-0.2, 0) is 11.3 Å². The van der Waals surface area contributed by atoms with Crippen LogP contribution >= 0.6 is 0 Å². The second kappa shape index (κ2) is 8.07. The molecule has 1 saturated carbocycles. The molecule has 1 aliphatic rings. The molecule has 0 atom stereocenters. The molecule has 1 fully saturated rings. The number of anilines is 1.